The third kappa shape index (κ3) is 14.2. The van der Waals surface area contributed by atoms with Gasteiger partial charge in [-0.1, -0.05) is 80.3 Å². The van der Waals surface area contributed by atoms with E-state index in [2.05, 4.69) is 123 Å². The number of allylic oxidation sites excluding steroid dienone is 5. The van der Waals surface area contributed by atoms with Crippen molar-refractivity contribution in [1.82, 2.24) is 0 Å². The average Bonchev–Trinajstić information content (AvgIpc) is 3.56. The van der Waals surface area contributed by atoms with Crippen LogP contribution in [0.15, 0.2) is 84.6 Å². The average molecular weight is 786 g/mol. The van der Waals surface area contributed by atoms with Crippen LogP contribution in [-0.4, -0.2) is 125 Å². The quantitative estimate of drug-likeness (QED) is 0.0693. The van der Waals surface area contributed by atoms with E-state index >= 15 is 0 Å². The van der Waals surface area contributed by atoms with Crippen molar-refractivity contribution in [3.63, 3.8) is 0 Å². The van der Waals surface area contributed by atoms with Gasteiger partial charge < -0.3 is 42.8 Å². The van der Waals surface area contributed by atoms with Crippen molar-refractivity contribution in [2.45, 2.75) is 44.6 Å². The zero-order valence-electron chi connectivity index (χ0n) is 34.7. The Balaban J connectivity index is 1.26. The van der Waals surface area contributed by atoms with E-state index in [0.29, 0.717) is 106 Å². The van der Waals surface area contributed by atoms with Gasteiger partial charge in [-0.25, -0.2) is 0 Å². The number of terminal acetylenes is 2. The van der Waals surface area contributed by atoms with E-state index in [-0.39, 0.29) is 16.9 Å². The van der Waals surface area contributed by atoms with Crippen molar-refractivity contribution in [2.24, 2.45) is 0 Å². The van der Waals surface area contributed by atoms with E-state index in [1.807, 2.05) is 0 Å². The summed E-state index contributed by atoms with van der Waals surface area (Å²) >= 11 is 0. The van der Waals surface area contributed by atoms with Crippen molar-refractivity contribution in [3.8, 4) is 24.7 Å². The number of rotatable bonds is 29. The molecule has 4 rings (SSSR count). The molecule has 0 saturated carbocycles. The normalized spacial score (nSPS) is 18.7. The first-order chi connectivity index (χ1) is 27.8. The summed E-state index contributed by atoms with van der Waals surface area (Å²) in [6, 6.07) is 17.7. The number of nitrogens with one attached hydrogen (secondary N) is 1. The largest absolute Gasteiger partial charge is 0.377 e. The number of anilines is 1. The van der Waals surface area contributed by atoms with E-state index in [4.69, 9.17) is 50.7 Å². The SMILES string of the molecule is C#CCOCCOCCOCCOCCN1/C(=C/C=C/C=C/C2[NH+](CCOCCOCCOCCOCC#C)c3ccccc3C2(C)C)C(C)(C)c2ccccc21. The van der Waals surface area contributed by atoms with Crippen LogP contribution in [0.5, 0.6) is 0 Å². The summed E-state index contributed by atoms with van der Waals surface area (Å²) in [5.74, 6) is 4.87. The minimum Gasteiger partial charge on any atom is -0.377 e. The summed E-state index contributed by atoms with van der Waals surface area (Å²) in [6.45, 7) is 18.9. The molecule has 0 saturated heterocycles. The molecule has 0 fully saturated rings. The molecule has 0 amide bonds. The molecule has 2 unspecified atom stereocenters. The molecule has 0 aromatic heterocycles. The van der Waals surface area contributed by atoms with Crippen molar-refractivity contribution in [3.05, 3.63) is 95.7 Å². The summed E-state index contributed by atoms with van der Waals surface area (Å²) < 4.78 is 44.7. The molecule has 0 bridgehead atoms. The van der Waals surface area contributed by atoms with Gasteiger partial charge in [0.15, 0.2) is 0 Å². The predicted molar refractivity (Wildman–Crippen MR) is 226 cm³/mol. The first kappa shape index (κ1) is 45.9. The van der Waals surface area contributed by atoms with Gasteiger partial charge in [-0.2, -0.15) is 0 Å². The second-order valence-corrected chi connectivity index (χ2v) is 14.8. The summed E-state index contributed by atoms with van der Waals surface area (Å²) in [5.41, 5.74) is 6.34. The maximum Gasteiger partial charge on any atom is 0.135 e. The highest BCUT2D eigenvalue weighted by atomic mass is 16.6. The highest BCUT2D eigenvalue weighted by molar-refractivity contribution is 5.70. The number of ether oxygens (including phenoxy) is 8. The Labute approximate surface area is 342 Å². The zero-order chi connectivity index (χ0) is 40.6. The number of nitrogens with zero attached hydrogens (tertiary/aromatic N) is 1. The molecule has 0 aliphatic carbocycles. The van der Waals surface area contributed by atoms with Crippen LogP contribution >= 0.6 is 0 Å². The number of hydrogen-bond acceptors (Lipinski definition) is 9. The van der Waals surface area contributed by atoms with Crippen LogP contribution in [0.2, 0.25) is 0 Å². The van der Waals surface area contributed by atoms with Crippen LogP contribution in [0.4, 0.5) is 11.4 Å². The Bertz CT molecular complexity index is 1640. The molecule has 2 atom stereocenters. The number of hydrogen-bond donors (Lipinski definition) is 1. The van der Waals surface area contributed by atoms with Crippen LogP contribution in [0.25, 0.3) is 0 Å². The monoisotopic (exact) mass is 785 g/mol. The molecule has 2 aromatic rings. The van der Waals surface area contributed by atoms with Crippen molar-refractivity contribution in [1.29, 1.82) is 0 Å². The summed E-state index contributed by atoms with van der Waals surface area (Å²) in [4.78, 5) is 3.81. The summed E-state index contributed by atoms with van der Waals surface area (Å²) in [5, 5.41) is 0. The number of benzene rings is 2. The predicted octanol–water partition coefficient (Wildman–Crippen LogP) is 5.06. The van der Waals surface area contributed by atoms with Gasteiger partial charge in [-0.15, -0.1) is 12.8 Å². The van der Waals surface area contributed by atoms with Crippen LogP contribution in [0.1, 0.15) is 38.8 Å². The standard InChI is InChI=1S/C47H64N2O8/c1-7-24-50-28-32-54-36-38-56-34-30-52-26-22-48-42-18-14-12-16-40(42)46(3,4)44(48)20-10-9-11-21-45-47(5,6)41-17-13-15-19-43(41)49(45)23-27-53-31-35-57-39-37-55-33-29-51-25-8-2/h1-2,9-21,44H,22-39H2,3-6H3/p+1/b11-9+,20-10+,45-21+. The Morgan fingerprint density at radius 2 is 1.09 bits per heavy atom. The maximum atomic E-state index is 6.03. The second-order valence-electron chi connectivity index (χ2n) is 14.8. The highest BCUT2D eigenvalue weighted by Crippen LogP contribution is 2.47. The van der Waals surface area contributed by atoms with Crippen LogP contribution in [0, 0.1) is 24.7 Å². The molecular weight excluding hydrogens is 721 g/mol. The fraction of sp³-hybridized carbons (Fsp3) is 0.532. The van der Waals surface area contributed by atoms with E-state index in [1.54, 1.807) is 0 Å². The molecule has 10 nitrogen and oxygen atoms in total. The molecule has 2 aliphatic rings. The van der Waals surface area contributed by atoms with Gasteiger partial charge in [0.05, 0.1) is 97.9 Å². The van der Waals surface area contributed by atoms with Crippen molar-refractivity contribution in [2.75, 3.05) is 124 Å². The minimum atomic E-state index is -0.146. The topological polar surface area (TPSA) is 81.5 Å². The molecular formula is C47H65N2O8+. The maximum absolute atomic E-state index is 6.03. The third-order valence-electron chi connectivity index (χ3n) is 10.3. The molecule has 57 heavy (non-hydrogen) atoms. The van der Waals surface area contributed by atoms with E-state index in [1.165, 1.54) is 33.1 Å². The fourth-order valence-corrected chi connectivity index (χ4v) is 7.43. The van der Waals surface area contributed by atoms with Gasteiger partial charge in [0.25, 0.3) is 0 Å². The number of fused-ring (bicyclic) bond motifs is 2. The van der Waals surface area contributed by atoms with Gasteiger partial charge in [0.1, 0.15) is 31.5 Å². The minimum absolute atomic E-state index is 0.0354. The molecule has 2 aliphatic heterocycles. The van der Waals surface area contributed by atoms with Gasteiger partial charge >= 0.3 is 0 Å². The molecule has 1 N–H and O–H groups in total. The Morgan fingerprint density at radius 3 is 1.67 bits per heavy atom. The lowest BCUT2D eigenvalue weighted by Gasteiger charge is -2.27. The molecule has 2 heterocycles. The van der Waals surface area contributed by atoms with Gasteiger partial charge in [-0.3, -0.25) is 4.90 Å². The second kappa shape index (κ2) is 25.6. The highest BCUT2D eigenvalue weighted by Gasteiger charge is 2.47. The van der Waals surface area contributed by atoms with Crippen LogP contribution in [0.3, 0.4) is 0 Å². The lowest BCUT2D eigenvalue weighted by Crippen LogP contribution is -3.11. The fourth-order valence-electron chi connectivity index (χ4n) is 7.43. The molecule has 0 radical (unpaired) electrons. The smallest absolute Gasteiger partial charge is 0.135 e. The Hall–Kier alpha value is -3.78. The molecule has 310 valence electrons. The van der Waals surface area contributed by atoms with Crippen molar-refractivity contribution < 1.29 is 42.8 Å². The van der Waals surface area contributed by atoms with E-state index < -0.39 is 0 Å². The third-order valence-corrected chi connectivity index (χ3v) is 10.3. The van der Waals surface area contributed by atoms with Gasteiger partial charge in [0.2, 0.25) is 0 Å². The number of quaternary nitrogens is 1. The van der Waals surface area contributed by atoms with Crippen molar-refractivity contribution >= 4 is 11.4 Å². The molecule has 2 aromatic carbocycles. The van der Waals surface area contributed by atoms with E-state index in [9.17, 15) is 0 Å². The first-order valence-corrected chi connectivity index (χ1v) is 20.2. The number of para-hydroxylation sites is 2. The first-order valence-electron chi connectivity index (χ1n) is 20.2. The Kier molecular flexibility index (Phi) is 20.6. The lowest BCUT2D eigenvalue weighted by atomic mass is 9.80. The summed E-state index contributed by atoms with van der Waals surface area (Å²) in [6.07, 6.45) is 21.5. The summed E-state index contributed by atoms with van der Waals surface area (Å²) in [7, 11) is 0. The van der Waals surface area contributed by atoms with Crippen LogP contribution in [-0.2, 0) is 48.7 Å². The Morgan fingerprint density at radius 1 is 0.596 bits per heavy atom. The lowest BCUT2D eigenvalue weighted by molar-refractivity contribution is -0.851. The van der Waals surface area contributed by atoms with Crippen LogP contribution < -0.4 is 9.80 Å². The van der Waals surface area contributed by atoms with Gasteiger partial charge in [0, 0.05) is 28.9 Å². The van der Waals surface area contributed by atoms with E-state index in [0.717, 1.165) is 13.1 Å². The molecule has 10 heteroatoms. The zero-order valence-corrected chi connectivity index (χ0v) is 34.7. The molecule has 0 spiro atoms. The van der Waals surface area contributed by atoms with Gasteiger partial charge in [-0.05, 0) is 43.7 Å².